The molecule has 1 heterocycles. The Kier molecular flexibility index (Phi) is 2.72. The molecule has 0 bridgehead atoms. The first-order chi connectivity index (χ1) is 9.07. The zero-order valence-corrected chi connectivity index (χ0v) is 12.3. The van der Waals surface area contributed by atoms with Crippen molar-refractivity contribution in [3.05, 3.63) is 39.9 Å². The monoisotopic (exact) mass is 268 g/mol. The van der Waals surface area contributed by atoms with E-state index in [1.54, 1.807) is 11.3 Å². The molecule has 2 nitrogen and oxygen atoms in total. The number of benzene rings is 1. The summed E-state index contributed by atoms with van der Waals surface area (Å²) in [5.41, 5.74) is 5.83. The topological polar surface area (TPSA) is 36.7 Å². The first kappa shape index (κ1) is 12.4. The molecule has 96 valence electrons. The van der Waals surface area contributed by atoms with E-state index in [4.69, 9.17) is 4.98 Å². The van der Waals surface area contributed by atoms with Crippen molar-refractivity contribution in [1.29, 1.82) is 5.26 Å². The van der Waals surface area contributed by atoms with Crippen LogP contribution >= 0.6 is 11.3 Å². The fourth-order valence-electron chi connectivity index (χ4n) is 2.36. The molecule has 3 rings (SSSR count). The van der Waals surface area contributed by atoms with Crippen LogP contribution in [0, 0.1) is 32.1 Å². The van der Waals surface area contributed by atoms with Gasteiger partial charge in [0.2, 0.25) is 0 Å². The van der Waals surface area contributed by atoms with Crippen LogP contribution in [-0.4, -0.2) is 4.98 Å². The van der Waals surface area contributed by atoms with E-state index in [2.05, 4.69) is 44.4 Å². The second-order valence-electron chi connectivity index (χ2n) is 5.41. The molecule has 1 aliphatic rings. The third-order valence-electron chi connectivity index (χ3n) is 4.25. The number of hydrogen-bond acceptors (Lipinski definition) is 3. The van der Waals surface area contributed by atoms with Gasteiger partial charge in [0.15, 0.2) is 0 Å². The molecule has 0 amide bonds. The number of aromatic nitrogens is 1. The molecule has 2 aromatic rings. The van der Waals surface area contributed by atoms with Crippen LogP contribution in [0.2, 0.25) is 0 Å². The summed E-state index contributed by atoms with van der Waals surface area (Å²) in [5, 5.41) is 12.3. The molecule has 0 aliphatic heterocycles. The Labute approximate surface area is 117 Å². The Bertz CT molecular complexity index is 687. The molecule has 19 heavy (non-hydrogen) atoms. The van der Waals surface area contributed by atoms with Gasteiger partial charge in [-0.15, -0.1) is 11.3 Å². The maximum Gasteiger partial charge on any atom is 0.123 e. The molecule has 1 saturated carbocycles. The van der Waals surface area contributed by atoms with Crippen molar-refractivity contribution in [3.8, 4) is 16.6 Å². The molecule has 1 aromatic heterocycles. The van der Waals surface area contributed by atoms with Gasteiger partial charge in [-0.2, -0.15) is 5.26 Å². The smallest absolute Gasteiger partial charge is 0.123 e. The van der Waals surface area contributed by atoms with Crippen LogP contribution in [0.1, 0.15) is 35.2 Å². The molecule has 1 aromatic carbocycles. The van der Waals surface area contributed by atoms with Crippen molar-refractivity contribution in [3.63, 3.8) is 0 Å². The zero-order valence-electron chi connectivity index (χ0n) is 11.4. The van der Waals surface area contributed by atoms with Crippen LogP contribution in [0.15, 0.2) is 17.5 Å². The molecular weight excluding hydrogens is 252 g/mol. The van der Waals surface area contributed by atoms with Gasteiger partial charge in [-0.1, -0.05) is 12.1 Å². The highest BCUT2D eigenvalue weighted by molar-refractivity contribution is 7.13. The average molecular weight is 268 g/mol. The maximum atomic E-state index is 9.24. The highest BCUT2D eigenvalue weighted by Crippen LogP contribution is 2.48. The Morgan fingerprint density at radius 3 is 2.58 bits per heavy atom. The van der Waals surface area contributed by atoms with E-state index in [1.165, 1.54) is 22.3 Å². The van der Waals surface area contributed by atoms with Crippen LogP contribution < -0.4 is 0 Å². The van der Waals surface area contributed by atoms with Crippen LogP contribution in [0.4, 0.5) is 0 Å². The lowest BCUT2D eigenvalue weighted by Gasteiger charge is -2.09. The summed E-state index contributed by atoms with van der Waals surface area (Å²) < 4.78 is 0. The second kappa shape index (κ2) is 4.18. The fourth-order valence-corrected chi connectivity index (χ4v) is 3.36. The summed E-state index contributed by atoms with van der Waals surface area (Å²) in [5.74, 6) is 0. The maximum absolute atomic E-state index is 9.24. The predicted octanol–water partition coefficient (Wildman–Crippen LogP) is 4.29. The van der Waals surface area contributed by atoms with E-state index in [0.29, 0.717) is 0 Å². The molecule has 3 heteroatoms. The number of nitriles is 1. The highest BCUT2D eigenvalue weighted by Gasteiger charge is 2.47. The van der Waals surface area contributed by atoms with E-state index >= 15 is 0 Å². The van der Waals surface area contributed by atoms with Crippen LogP contribution in [0.5, 0.6) is 0 Å². The lowest BCUT2D eigenvalue weighted by molar-refractivity contribution is 0.868. The van der Waals surface area contributed by atoms with Gasteiger partial charge < -0.3 is 0 Å². The van der Waals surface area contributed by atoms with Gasteiger partial charge in [-0.05, 0) is 50.3 Å². The molecule has 1 aliphatic carbocycles. The van der Waals surface area contributed by atoms with Crippen molar-refractivity contribution in [1.82, 2.24) is 4.98 Å². The molecule has 0 spiro atoms. The van der Waals surface area contributed by atoms with E-state index in [-0.39, 0.29) is 5.41 Å². The second-order valence-corrected chi connectivity index (χ2v) is 6.27. The summed E-state index contributed by atoms with van der Waals surface area (Å²) in [7, 11) is 0. The summed E-state index contributed by atoms with van der Waals surface area (Å²) >= 11 is 1.65. The predicted molar refractivity (Wildman–Crippen MR) is 78.3 cm³/mol. The van der Waals surface area contributed by atoms with Gasteiger partial charge in [-0.3, -0.25) is 0 Å². The average Bonchev–Trinajstić information content (AvgIpc) is 3.07. The van der Waals surface area contributed by atoms with Crippen molar-refractivity contribution in [2.24, 2.45) is 0 Å². The van der Waals surface area contributed by atoms with Crippen LogP contribution in [-0.2, 0) is 5.41 Å². The Morgan fingerprint density at radius 2 is 1.95 bits per heavy atom. The van der Waals surface area contributed by atoms with Gasteiger partial charge in [-0.25, -0.2) is 4.98 Å². The highest BCUT2D eigenvalue weighted by atomic mass is 32.1. The summed E-state index contributed by atoms with van der Waals surface area (Å²) in [6.07, 6.45) is 1.91. The third-order valence-corrected chi connectivity index (χ3v) is 5.12. The molecule has 1 fully saturated rings. The zero-order chi connectivity index (χ0) is 13.6. The van der Waals surface area contributed by atoms with E-state index in [0.717, 1.165) is 23.5 Å². The molecule has 0 radical (unpaired) electrons. The van der Waals surface area contributed by atoms with Crippen molar-refractivity contribution >= 4 is 11.3 Å². The van der Waals surface area contributed by atoms with Crippen molar-refractivity contribution in [2.45, 2.75) is 39.0 Å². The number of hydrogen-bond donors (Lipinski definition) is 0. The minimum absolute atomic E-state index is 0.275. The number of nitrogens with zero attached hydrogens (tertiary/aromatic N) is 2. The van der Waals surface area contributed by atoms with Gasteiger partial charge in [0.1, 0.15) is 10.4 Å². The van der Waals surface area contributed by atoms with Crippen LogP contribution in [0.3, 0.4) is 0 Å². The molecule has 0 saturated heterocycles. The first-order valence-corrected chi connectivity index (χ1v) is 7.40. The summed E-state index contributed by atoms with van der Waals surface area (Å²) in [6.45, 7) is 6.44. The third kappa shape index (κ3) is 1.87. The fraction of sp³-hybridized carbons (Fsp3) is 0.375. The van der Waals surface area contributed by atoms with Gasteiger partial charge in [0.25, 0.3) is 0 Å². The van der Waals surface area contributed by atoms with Crippen molar-refractivity contribution < 1.29 is 0 Å². The lowest BCUT2D eigenvalue weighted by atomic mass is 9.99. The van der Waals surface area contributed by atoms with E-state index < -0.39 is 0 Å². The molecule has 0 unspecified atom stereocenters. The SMILES string of the molecule is Cc1ccc(-c2nc(C3(C#N)CC3)cs2)c(C)c1C. The lowest BCUT2D eigenvalue weighted by Crippen LogP contribution is -2.02. The summed E-state index contributed by atoms with van der Waals surface area (Å²) in [6, 6.07) is 6.71. The Morgan fingerprint density at radius 1 is 1.21 bits per heavy atom. The first-order valence-electron chi connectivity index (χ1n) is 6.52. The summed E-state index contributed by atoms with van der Waals surface area (Å²) in [4.78, 5) is 4.71. The van der Waals surface area contributed by atoms with Gasteiger partial charge in [0.05, 0.1) is 11.8 Å². The molecular formula is C16H16N2S. The number of aryl methyl sites for hydroxylation is 1. The normalized spacial score (nSPS) is 16.1. The molecule has 0 N–H and O–H groups in total. The standard InChI is InChI=1S/C16H16N2S/c1-10-4-5-13(12(3)11(10)2)15-18-14(8-19-15)16(9-17)6-7-16/h4-5,8H,6-7H2,1-3H3. The largest absolute Gasteiger partial charge is 0.239 e. The van der Waals surface area contributed by atoms with Gasteiger partial charge >= 0.3 is 0 Å². The van der Waals surface area contributed by atoms with Gasteiger partial charge in [0, 0.05) is 10.9 Å². The number of thiazole rings is 1. The Balaban J connectivity index is 2.05. The van der Waals surface area contributed by atoms with E-state index in [1.807, 2.05) is 0 Å². The Hall–Kier alpha value is -1.66. The van der Waals surface area contributed by atoms with Crippen molar-refractivity contribution in [2.75, 3.05) is 0 Å². The van der Waals surface area contributed by atoms with E-state index in [9.17, 15) is 5.26 Å². The number of rotatable bonds is 2. The quantitative estimate of drug-likeness (QED) is 0.814. The minimum Gasteiger partial charge on any atom is -0.239 e. The minimum atomic E-state index is -0.275. The van der Waals surface area contributed by atoms with Crippen LogP contribution in [0.25, 0.3) is 10.6 Å². The molecule has 0 atom stereocenters.